The van der Waals surface area contributed by atoms with E-state index in [0.29, 0.717) is 25.8 Å². The number of carbonyl (C=O) groups is 1. The average molecular weight is 358 g/mol. The van der Waals surface area contributed by atoms with Crippen molar-refractivity contribution in [1.29, 1.82) is 0 Å². The van der Waals surface area contributed by atoms with Crippen molar-refractivity contribution >= 4 is 5.91 Å². The van der Waals surface area contributed by atoms with Crippen LogP contribution in [0.3, 0.4) is 0 Å². The molecular weight excluding hydrogens is 328 g/mol. The molecule has 1 unspecified atom stereocenters. The van der Waals surface area contributed by atoms with Crippen LogP contribution in [0.4, 0.5) is 0 Å². The third-order valence-corrected chi connectivity index (χ3v) is 6.09. The summed E-state index contributed by atoms with van der Waals surface area (Å²) >= 11 is 0. The molecule has 1 aromatic carbocycles. The van der Waals surface area contributed by atoms with Crippen LogP contribution in [-0.4, -0.2) is 55.0 Å². The number of nitrogens with one attached hydrogen (secondary N) is 1. The van der Waals surface area contributed by atoms with Crippen LogP contribution in [0.15, 0.2) is 30.3 Å². The van der Waals surface area contributed by atoms with Gasteiger partial charge in [-0.2, -0.15) is 0 Å². The molecule has 2 saturated heterocycles. The Kier molecular flexibility index (Phi) is 5.57. The van der Waals surface area contributed by atoms with Gasteiger partial charge in [-0.3, -0.25) is 9.69 Å². The molecule has 2 heterocycles. The van der Waals surface area contributed by atoms with Crippen LogP contribution in [0.25, 0.3) is 0 Å². The summed E-state index contributed by atoms with van der Waals surface area (Å²) in [6.07, 6.45) is 7.07. The van der Waals surface area contributed by atoms with Crippen molar-refractivity contribution in [2.75, 3.05) is 26.3 Å². The first kappa shape index (κ1) is 18.0. The van der Waals surface area contributed by atoms with Gasteiger partial charge in [0.1, 0.15) is 0 Å². The maximum absolute atomic E-state index is 12.6. The van der Waals surface area contributed by atoms with Crippen molar-refractivity contribution in [3.05, 3.63) is 35.9 Å². The lowest BCUT2D eigenvalue weighted by atomic mass is 9.90. The van der Waals surface area contributed by atoms with Crippen LogP contribution in [0.1, 0.15) is 44.1 Å². The second-order valence-electron chi connectivity index (χ2n) is 7.91. The Bertz CT molecular complexity index is 591. The quantitative estimate of drug-likeness (QED) is 0.879. The molecule has 3 aliphatic rings. The van der Waals surface area contributed by atoms with Gasteiger partial charge in [0, 0.05) is 24.9 Å². The SMILES string of the molecule is O=C(CN1CCCC1Cc1ccccc1)NC1CCC2(CC1)OCCO2. The molecule has 5 nitrogen and oxygen atoms in total. The predicted molar refractivity (Wildman–Crippen MR) is 99.8 cm³/mol. The second-order valence-corrected chi connectivity index (χ2v) is 7.91. The number of hydrogen-bond acceptors (Lipinski definition) is 4. The standard InChI is InChI=1S/C21H30N2O3/c24-20(22-18-8-10-21(11-9-18)25-13-14-26-21)16-23-12-4-7-19(23)15-17-5-2-1-3-6-17/h1-3,5-6,18-19H,4,7-16H2,(H,22,24). The third-order valence-electron chi connectivity index (χ3n) is 6.09. The van der Waals surface area contributed by atoms with Gasteiger partial charge < -0.3 is 14.8 Å². The van der Waals surface area contributed by atoms with Crippen molar-refractivity contribution in [3.63, 3.8) is 0 Å². The van der Waals surface area contributed by atoms with Crippen LogP contribution in [0.5, 0.6) is 0 Å². The Balaban J connectivity index is 1.24. The second kappa shape index (κ2) is 8.07. The van der Waals surface area contributed by atoms with Gasteiger partial charge in [0.15, 0.2) is 5.79 Å². The van der Waals surface area contributed by atoms with Crippen molar-refractivity contribution < 1.29 is 14.3 Å². The van der Waals surface area contributed by atoms with Gasteiger partial charge in [-0.05, 0) is 44.2 Å². The van der Waals surface area contributed by atoms with Crippen LogP contribution in [0, 0.1) is 0 Å². The number of rotatable bonds is 5. The Morgan fingerprint density at radius 1 is 1.12 bits per heavy atom. The van der Waals surface area contributed by atoms with Crippen molar-refractivity contribution in [2.24, 2.45) is 0 Å². The van der Waals surface area contributed by atoms with E-state index in [4.69, 9.17) is 9.47 Å². The molecule has 1 atom stereocenters. The van der Waals surface area contributed by atoms with E-state index in [-0.39, 0.29) is 17.7 Å². The van der Waals surface area contributed by atoms with E-state index in [9.17, 15) is 4.79 Å². The summed E-state index contributed by atoms with van der Waals surface area (Å²) < 4.78 is 11.5. The minimum absolute atomic E-state index is 0.166. The molecule has 3 fully saturated rings. The van der Waals surface area contributed by atoms with Crippen molar-refractivity contribution in [1.82, 2.24) is 10.2 Å². The summed E-state index contributed by atoms with van der Waals surface area (Å²) in [7, 11) is 0. The lowest BCUT2D eigenvalue weighted by molar-refractivity contribution is -0.180. The molecule has 1 amide bonds. The molecule has 0 bridgehead atoms. The lowest BCUT2D eigenvalue weighted by Crippen LogP contribution is -2.47. The predicted octanol–water partition coefficient (Wildman–Crippen LogP) is 2.50. The van der Waals surface area contributed by atoms with Gasteiger partial charge in [0.2, 0.25) is 5.91 Å². The molecule has 2 aliphatic heterocycles. The van der Waals surface area contributed by atoms with Gasteiger partial charge in [-0.25, -0.2) is 0 Å². The highest BCUT2D eigenvalue weighted by molar-refractivity contribution is 5.78. The van der Waals surface area contributed by atoms with Crippen molar-refractivity contribution in [2.45, 2.75) is 62.8 Å². The molecular formula is C21H30N2O3. The largest absolute Gasteiger partial charge is 0.352 e. The Labute approximate surface area is 156 Å². The summed E-state index contributed by atoms with van der Waals surface area (Å²) in [5, 5.41) is 3.24. The molecule has 4 rings (SSSR count). The number of hydrogen-bond donors (Lipinski definition) is 1. The summed E-state index contributed by atoms with van der Waals surface area (Å²) in [6, 6.07) is 11.3. The molecule has 0 aromatic heterocycles. The van der Waals surface area contributed by atoms with Gasteiger partial charge in [-0.15, -0.1) is 0 Å². The minimum atomic E-state index is -0.350. The fourth-order valence-electron chi connectivity index (χ4n) is 4.67. The average Bonchev–Trinajstić information content (AvgIpc) is 3.28. The first-order chi connectivity index (χ1) is 12.7. The minimum Gasteiger partial charge on any atom is -0.352 e. The Morgan fingerprint density at radius 3 is 2.58 bits per heavy atom. The zero-order valence-corrected chi connectivity index (χ0v) is 15.5. The van der Waals surface area contributed by atoms with E-state index < -0.39 is 0 Å². The summed E-state index contributed by atoms with van der Waals surface area (Å²) in [6.45, 7) is 2.95. The van der Waals surface area contributed by atoms with Gasteiger partial charge in [0.25, 0.3) is 0 Å². The molecule has 1 aromatic rings. The monoisotopic (exact) mass is 358 g/mol. The van der Waals surface area contributed by atoms with Gasteiger partial charge in [-0.1, -0.05) is 30.3 Å². The first-order valence-electron chi connectivity index (χ1n) is 10.1. The number of likely N-dealkylation sites (tertiary alicyclic amines) is 1. The maximum Gasteiger partial charge on any atom is 0.234 e. The summed E-state index contributed by atoms with van der Waals surface area (Å²) in [5.41, 5.74) is 1.36. The number of carbonyl (C=O) groups excluding carboxylic acids is 1. The maximum atomic E-state index is 12.6. The number of amides is 1. The van der Waals surface area contributed by atoms with Crippen LogP contribution < -0.4 is 5.32 Å². The zero-order valence-electron chi connectivity index (χ0n) is 15.5. The first-order valence-corrected chi connectivity index (χ1v) is 10.1. The van der Waals surface area contributed by atoms with Crippen LogP contribution >= 0.6 is 0 Å². The van der Waals surface area contributed by atoms with E-state index in [0.717, 1.165) is 38.6 Å². The molecule has 1 N–H and O–H groups in total. The van der Waals surface area contributed by atoms with Crippen LogP contribution in [0.2, 0.25) is 0 Å². The molecule has 1 aliphatic carbocycles. The van der Waals surface area contributed by atoms with Gasteiger partial charge in [0.05, 0.1) is 19.8 Å². The smallest absolute Gasteiger partial charge is 0.234 e. The fraction of sp³-hybridized carbons (Fsp3) is 0.667. The Hall–Kier alpha value is -1.43. The molecule has 1 spiro atoms. The van der Waals surface area contributed by atoms with E-state index in [1.54, 1.807) is 0 Å². The van der Waals surface area contributed by atoms with E-state index in [1.807, 2.05) is 0 Å². The normalized spacial score (nSPS) is 26.4. The third kappa shape index (κ3) is 4.27. The van der Waals surface area contributed by atoms with E-state index >= 15 is 0 Å². The molecule has 1 saturated carbocycles. The summed E-state index contributed by atoms with van der Waals surface area (Å²) in [5.74, 6) is -0.184. The molecule has 26 heavy (non-hydrogen) atoms. The highest BCUT2D eigenvalue weighted by Gasteiger charge is 2.40. The molecule has 0 radical (unpaired) electrons. The van der Waals surface area contributed by atoms with E-state index in [2.05, 4.69) is 40.5 Å². The topological polar surface area (TPSA) is 50.8 Å². The number of benzene rings is 1. The number of nitrogens with zero attached hydrogens (tertiary/aromatic N) is 1. The molecule has 5 heteroatoms. The Morgan fingerprint density at radius 2 is 1.85 bits per heavy atom. The highest BCUT2D eigenvalue weighted by atomic mass is 16.7. The highest BCUT2D eigenvalue weighted by Crippen LogP contribution is 2.35. The zero-order chi connectivity index (χ0) is 17.8. The number of ether oxygens (including phenoxy) is 2. The van der Waals surface area contributed by atoms with E-state index in [1.165, 1.54) is 18.4 Å². The van der Waals surface area contributed by atoms with Gasteiger partial charge >= 0.3 is 0 Å². The molecule has 142 valence electrons. The summed E-state index contributed by atoms with van der Waals surface area (Å²) in [4.78, 5) is 14.9. The lowest BCUT2D eigenvalue weighted by Gasteiger charge is -2.36. The van der Waals surface area contributed by atoms with Crippen molar-refractivity contribution in [3.8, 4) is 0 Å². The fourth-order valence-corrected chi connectivity index (χ4v) is 4.67. The van der Waals surface area contributed by atoms with Crippen LogP contribution in [-0.2, 0) is 20.7 Å².